The van der Waals surface area contributed by atoms with E-state index in [1.807, 2.05) is 0 Å². The van der Waals surface area contributed by atoms with Crippen LogP contribution >= 0.6 is 0 Å². The minimum atomic E-state index is -4.66. The summed E-state index contributed by atoms with van der Waals surface area (Å²) in [6.45, 7) is 1.45. The van der Waals surface area contributed by atoms with Crippen LogP contribution in [0.3, 0.4) is 0 Å². The highest BCUT2D eigenvalue weighted by molar-refractivity contribution is 5.96. The summed E-state index contributed by atoms with van der Waals surface area (Å²) in [5.74, 6) is -2.97. The Kier molecular flexibility index (Phi) is 6.60. The second kappa shape index (κ2) is 9.48. The van der Waals surface area contributed by atoms with E-state index in [2.05, 4.69) is 4.98 Å². The second-order valence-electron chi connectivity index (χ2n) is 8.21. The summed E-state index contributed by atoms with van der Waals surface area (Å²) in [7, 11) is 0. The predicted molar refractivity (Wildman–Crippen MR) is 119 cm³/mol. The largest absolute Gasteiger partial charge is 0.478 e. The van der Waals surface area contributed by atoms with E-state index in [1.165, 1.54) is 18.2 Å². The Hall–Kier alpha value is -3.75. The van der Waals surface area contributed by atoms with Crippen LogP contribution < -0.4 is 4.74 Å². The SMILES string of the molecule is Cc1cccc(F)c1COc1ncc(C(F)(F)F)cc1C1=C(c2ccc(F)c(C(=O)O)c2)CCC1. The molecule has 0 saturated carbocycles. The number of carboxylic acid groups (broad SMARTS) is 1. The van der Waals surface area contributed by atoms with Gasteiger partial charge < -0.3 is 9.84 Å². The van der Waals surface area contributed by atoms with Gasteiger partial charge in [-0.2, -0.15) is 13.2 Å². The van der Waals surface area contributed by atoms with Crippen molar-refractivity contribution in [1.29, 1.82) is 0 Å². The number of benzene rings is 2. The van der Waals surface area contributed by atoms with Crippen LogP contribution in [-0.4, -0.2) is 16.1 Å². The fourth-order valence-corrected chi connectivity index (χ4v) is 4.16. The second-order valence-corrected chi connectivity index (χ2v) is 8.21. The van der Waals surface area contributed by atoms with Crippen LogP contribution in [0.25, 0.3) is 11.1 Å². The van der Waals surface area contributed by atoms with Crippen LogP contribution in [0.15, 0.2) is 48.7 Å². The van der Waals surface area contributed by atoms with Crippen molar-refractivity contribution in [3.05, 3.63) is 93.7 Å². The van der Waals surface area contributed by atoms with E-state index in [0.29, 0.717) is 47.7 Å². The Morgan fingerprint density at radius 3 is 2.49 bits per heavy atom. The first-order valence-electron chi connectivity index (χ1n) is 10.8. The molecule has 0 radical (unpaired) electrons. The average molecular weight is 489 g/mol. The first-order chi connectivity index (χ1) is 16.6. The molecule has 1 aromatic heterocycles. The van der Waals surface area contributed by atoms with E-state index in [1.54, 1.807) is 19.1 Å². The van der Waals surface area contributed by atoms with Crippen molar-refractivity contribution in [3.8, 4) is 5.88 Å². The number of halogens is 5. The van der Waals surface area contributed by atoms with Gasteiger partial charge in [0.25, 0.3) is 0 Å². The van der Waals surface area contributed by atoms with Crippen LogP contribution in [-0.2, 0) is 12.8 Å². The van der Waals surface area contributed by atoms with Crippen LogP contribution in [0.2, 0.25) is 0 Å². The van der Waals surface area contributed by atoms with Crippen molar-refractivity contribution < 1.29 is 36.6 Å². The number of carbonyl (C=O) groups is 1. The van der Waals surface area contributed by atoms with Crippen molar-refractivity contribution in [2.75, 3.05) is 0 Å². The molecule has 0 bridgehead atoms. The van der Waals surface area contributed by atoms with Crippen molar-refractivity contribution in [2.24, 2.45) is 0 Å². The maximum absolute atomic E-state index is 14.3. The van der Waals surface area contributed by atoms with Gasteiger partial charge in [0.1, 0.15) is 18.2 Å². The minimum Gasteiger partial charge on any atom is -0.478 e. The molecule has 0 unspecified atom stereocenters. The normalized spacial score (nSPS) is 13.9. The Morgan fingerprint density at radius 2 is 1.80 bits per heavy atom. The molecular formula is C26H20F5NO3. The Morgan fingerprint density at radius 1 is 1.06 bits per heavy atom. The van der Waals surface area contributed by atoms with Crippen LogP contribution in [0, 0.1) is 18.6 Å². The van der Waals surface area contributed by atoms with Gasteiger partial charge in [0, 0.05) is 17.3 Å². The summed E-state index contributed by atoms with van der Waals surface area (Å²) >= 11 is 0. The molecule has 4 rings (SSSR count). The highest BCUT2D eigenvalue weighted by Crippen LogP contribution is 2.44. The van der Waals surface area contributed by atoms with Gasteiger partial charge in [-0.3, -0.25) is 0 Å². The van der Waals surface area contributed by atoms with E-state index in [9.17, 15) is 31.9 Å². The molecule has 1 aliphatic rings. The molecule has 35 heavy (non-hydrogen) atoms. The number of aromatic nitrogens is 1. The number of aromatic carboxylic acids is 1. The number of rotatable bonds is 6. The van der Waals surface area contributed by atoms with Crippen molar-refractivity contribution in [1.82, 2.24) is 4.98 Å². The minimum absolute atomic E-state index is 0.0857. The van der Waals surface area contributed by atoms with E-state index in [-0.39, 0.29) is 23.6 Å². The van der Waals surface area contributed by atoms with Crippen LogP contribution in [0.4, 0.5) is 22.0 Å². The molecule has 4 nitrogen and oxygen atoms in total. The van der Waals surface area contributed by atoms with Crippen LogP contribution in [0.5, 0.6) is 5.88 Å². The van der Waals surface area contributed by atoms with Crippen LogP contribution in [0.1, 0.15) is 57.4 Å². The first-order valence-corrected chi connectivity index (χ1v) is 10.8. The molecule has 3 aromatic rings. The fourth-order valence-electron chi connectivity index (χ4n) is 4.16. The first kappa shape index (κ1) is 24.4. The van der Waals surface area contributed by atoms with Gasteiger partial charge in [0.2, 0.25) is 5.88 Å². The predicted octanol–water partition coefficient (Wildman–Crippen LogP) is 7.06. The van der Waals surface area contributed by atoms with E-state index in [0.717, 1.165) is 12.1 Å². The third-order valence-electron chi connectivity index (χ3n) is 5.97. The number of carboxylic acids is 1. The molecule has 1 N–H and O–H groups in total. The van der Waals surface area contributed by atoms with Crippen molar-refractivity contribution in [2.45, 2.75) is 39.0 Å². The number of hydrogen-bond acceptors (Lipinski definition) is 3. The molecule has 1 aliphatic carbocycles. The van der Waals surface area contributed by atoms with Gasteiger partial charge in [-0.25, -0.2) is 18.6 Å². The molecule has 182 valence electrons. The van der Waals surface area contributed by atoms with E-state index in [4.69, 9.17) is 4.74 Å². The highest BCUT2D eigenvalue weighted by atomic mass is 19.4. The van der Waals surface area contributed by atoms with Gasteiger partial charge >= 0.3 is 12.1 Å². The van der Waals surface area contributed by atoms with Gasteiger partial charge in [-0.15, -0.1) is 0 Å². The number of hydrogen-bond donors (Lipinski definition) is 1. The molecule has 0 atom stereocenters. The maximum Gasteiger partial charge on any atom is 0.417 e. The summed E-state index contributed by atoms with van der Waals surface area (Å²) in [5.41, 5.74) is 0.914. The molecular weight excluding hydrogens is 469 g/mol. The zero-order valence-electron chi connectivity index (χ0n) is 18.5. The monoisotopic (exact) mass is 489 g/mol. The lowest BCUT2D eigenvalue weighted by Gasteiger charge is -2.17. The maximum atomic E-state index is 14.3. The average Bonchev–Trinajstić information content (AvgIpc) is 3.28. The molecule has 0 aliphatic heterocycles. The number of alkyl halides is 3. The molecule has 0 spiro atoms. The summed E-state index contributed by atoms with van der Waals surface area (Å²) in [4.78, 5) is 15.3. The third-order valence-corrected chi connectivity index (χ3v) is 5.97. The Bertz CT molecular complexity index is 1310. The molecule has 0 fully saturated rings. The molecule has 0 saturated heterocycles. The van der Waals surface area contributed by atoms with E-state index < -0.39 is 34.9 Å². The lowest BCUT2D eigenvalue weighted by Crippen LogP contribution is -2.09. The van der Waals surface area contributed by atoms with Gasteiger partial charge in [0.05, 0.1) is 11.1 Å². The lowest BCUT2D eigenvalue weighted by molar-refractivity contribution is -0.137. The zero-order valence-corrected chi connectivity index (χ0v) is 18.5. The summed E-state index contributed by atoms with van der Waals surface area (Å²) in [6, 6.07) is 9.01. The van der Waals surface area contributed by atoms with E-state index >= 15 is 0 Å². The quantitative estimate of drug-likeness (QED) is 0.377. The van der Waals surface area contributed by atoms with Crippen molar-refractivity contribution >= 4 is 17.1 Å². The number of allylic oxidation sites excluding steroid dienone is 2. The van der Waals surface area contributed by atoms with Gasteiger partial charge in [-0.05, 0) is 72.7 Å². The highest BCUT2D eigenvalue weighted by Gasteiger charge is 2.33. The summed E-state index contributed by atoms with van der Waals surface area (Å²) < 4.78 is 74.4. The molecule has 2 aromatic carbocycles. The molecule has 0 amide bonds. The smallest absolute Gasteiger partial charge is 0.417 e. The van der Waals surface area contributed by atoms with Gasteiger partial charge in [-0.1, -0.05) is 18.2 Å². The molecule has 1 heterocycles. The number of pyridine rings is 1. The Balaban J connectivity index is 1.82. The molecule has 9 heteroatoms. The standard InChI is InChI=1S/C26H20F5NO3/c1-14-4-2-7-22(27)21(14)13-35-24-19(11-16(12-32-24)26(29,30)31)18-6-3-5-17(18)15-8-9-23(28)20(10-15)25(33)34/h2,4,7-12H,3,5-6,13H2,1H3,(H,33,34). The Labute approximate surface area is 197 Å². The summed E-state index contributed by atoms with van der Waals surface area (Å²) in [5, 5.41) is 9.27. The summed E-state index contributed by atoms with van der Waals surface area (Å²) in [6.07, 6.45) is -2.58. The topological polar surface area (TPSA) is 59.4 Å². The lowest BCUT2D eigenvalue weighted by atomic mass is 9.95. The zero-order chi connectivity index (χ0) is 25.3. The number of aryl methyl sites for hydroxylation is 1. The van der Waals surface area contributed by atoms with Crippen molar-refractivity contribution in [3.63, 3.8) is 0 Å². The number of ether oxygens (including phenoxy) is 1. The third kappa shape index (κ3) is 5.03. The van der Waals surface area contributed by atoms with Gasteiger partial charge in [0.15, 0.2) is 0 Å². The fraction of sp³-hybridized carbons (Fsp3) is 0.231. The number of nitrogens with zero attached hydrogens (tertiary/aromatic N) is 1.